The van der Waals surface area contributed by atoms with Crippen molar-refractivity contribution in [2.45, 2.75) is 37.8 Å². The van der Waals surface area contributed by atoms with E-state index in [-0.39, 0.29) is 11.9 Å². The van der Waals surface area contributed by atoms with E-state index >= 15 is 0 Å². The minimum absolute atomic E-state index is 0.117. The van der Waals surface area contributed by atoms with Crippen molar-refractivity contribution in [3.63, 3.8) is 0 Å². The molecule has 114 valence electrons. The molecule has 2 aliphatic heterocycles. The predicted molar refractivity (Wildman–Crippen MR) is 79.9 cm³/mol. The molecule has 2 aliphatic rings. The first-order chi connectivity index (χ1) is 10.3. The van der Waals surface area contributed by atoms with Gasteiger partial charge in [0.1, 0.15) is 0 Å². The number of ether oxygens (including phenoxy) is 1. The molecule has 2 atom stereocenters. The van der Waals surface area contributed by atoms with Gasteiger partial charge in [0.15, 0.2) is 0 Å². The summed E-state index contributed by atoms with van der Waals surface area (Å²) in [5, 5.41) is 3.15. The number of aromatic nitrogens is 1. The molecular weight excluding hydrogens is 266 g/mol. The molecule has 0 spiro atoms. The third-order valence-corrected chi connectivity index (χ3v) is 4.40. The molecule has 3 rings (SSSR count). The van der Waals surface area contributed by atoms with Gasteiger partial charge in [-0.1, -0.05) is 0 Å². The Morgan fingerprint density at radius 2 is 2.05 bits per heavy atom. The number of nitrogens with one attached hydrogen (secondary N) is 1. The van der Waals surface area contributed by atoms with Gasteiger partial charge in [-0.15, -0.1) is 0 Å². The quantitative estimate of drug-likeness (QED) is 0.878. The van der Waals surface area contributed by atoms with Crippen molar-refractivity contribution in [1.82, 2.24) is 15.2 Å². The maximum absolute atomic E-state index is 12.1. The summed E-state index contributed by atoms with van der Waals surface area (Å²) in [5.74, 6) is 0.117. The maximum atomic E-state index is 12.1. The second kappa shape index (κ2) is 7.00. The number of aryl methyl sites for hydroxylation is 1. The fourth-order valence-corrected chi connectivity index (χ4v) is 3.20. The summed E-state index contributed by atoms with van der Waals surface area (Å²) in [5.41, 5.74) is 1.15. The molecule has 1 N–H and O–H groups in total. The van der Waals surface area contributed by atoms with Crippen LogP contribution in [0.4, 0.5) is 0 Å². The number of carbonyl (C=O) groups excluding carboxylic acids is 1. The van der Waals surface area contributed by atoms with E-state index in [1.807, 2.05) is 12.1 Å². The minimum atomic E-state index is 0.117. The molecular formula is C16H23N3O2. The largest absolute Gasteiger partial charge is 0.378 e. The Labute approximate surface area is 125 Å². The number of pyridine rings is 1. The van der Waals surface area contributed by atoms with Crippen LogP contribution in [0.1, 0.15) is 24.8 Å². The highest BCUT2D eigenvalue weighted by atomic mass is 16.5. The van der Waals surface area contributed by atoms with Gasteiger partial charge in [-0.05, 0) is 50.0 Å². The highest BCUT2D eigenvalue weighted by Gasteiger charge is 2.34. The van der Waals surface area contributed by atoms with Crippen LogP contribution < -0.4 is 5.32 Å². The Morgan fingerprint density at radius 1 is 1.29 bits per heavy atom. The van der Waals surface area contributed by atoms with Crippen molar-refractivity contribution in [1.29, 1.82) is 0 Å². The molecule has 0 aromatic carbocycles. The average Bonchev–Trinajstić information content (AvgIpc) is 3.17. The fourth-order valence-electron chi connectivity index (χ4n) is 3.20. The van der Waals surface area contributed by atoms with Crippen molar-refractivity contribution in [2.24, 2.45) is 0 Å². The van der Waals surface area contributed by atoms with E-state index in [1.165, 1.54) is 12.8 Å². The van der Waals surface area contributed by atoms with Crippen LogP contribution in [-0.4, -0.2) is 54.2 Å². The summed E-state index contributed by atoms with van der Waals surface area (Å²) >= 11 is 0. The first-order valence-electron chi connectivity index (χ1n) is 7.83. The van der Waals surface area contributed by atoms with Crippen molar-refractivity contribution in [2.75, 3.05) is 26.3 Å². The zero-order chi connectivity index (χ0) is 14.5. The first-order valence-corrected chi connectivity index (χ1v) is 7.83. The lowest BCUT2D eigenvalue weighted by atomic mass is 10.1. The van der Waals surface area contributed by atoms with Gasteiger partial charge < -0.3 is 10.1 Å². The zero-order valence-corrected chi connectivity index (χ0v) is 12.3. The van der Waals surface area contributed by atoms with Gasteiger partial charge in [0.05, 0.1) is 25.3 Å². The molecule has 1 aromatic rings. The van der Waals surface area contributed by atoms with E-state index in [9.17, 15) is 4.79 Å². The third kappa shape index (κ3) is 3.80. The van der Waals surface area contributed by atoms with Gasteiger partial charge in [-0.3, -0.25) is 14.7 Å². The van der Waals surface area contributed by atoms with Crippen LogP contribution >= 0.6 is 0 Å². The summed E-state index contributed by atoms with van der Waals surface area (Å²) in [6, 6.07) is 4.42. The molecule has 1 aromatic heterocycles. The van der Waals surface area contributed by atoms with Crippen LogP contribution in [0.25, 0.3) is 0 Å². The van der Waals surface area contributed by atoms with E-state index in [1.54, 1.807) is 12.4 Å². The minimum Gasteiger partial charge on any atom is -0.378 e. The van der Waals surface area contributed by atoms with Gasteiger partial charge in [0.2, 0.25) is 5.91 Å². The number of nitrogens with zero attached hydrogens (tertiary/aromatic N) is 2. The number of hydrogen-bond acceptors (Lipinski definition) is 4. The summed E-state index contributed by atoms with van der Waals surface area (Å²) in [6.07, 6.45) is 7.34. The van der Waals surface area contributed by atoms with Gasteiger partial charge in [-0.2, -0.15) is 0 Å². The Bertz CT molecular complexity index is 460. The molecule has 0 aliphatic carbocycles. The van der Waals surface area contributed by atoms with E-state index in [0.29, 0.717) is 19.1 Å². The van der Waals surface area contributed by atoms with Gasteiger partial charge in [-0.25, -0.2) is 0 Å². The van der Waals surface area contributed by atoms with Crippen LogP contribution in [0.5, 0.6) is 0 Å². The Kier molecular flexibility index (Phi) is 4.83. The smallest absolute Gasteiger partial charge is 0.220 e. The zero-order valence-electron chi connectivity index (χ0n) is 12.3. The Balaban J connectivity index is 1.47. The third-order valence-electron chi connectivity index (χ3n) is 4.40. The molecule has 3 heterocycles. The van der Waals surface area contributed by atoms with Crippen molar-refractivity contribution >= 4 is 5.91 Å². The lowest BCUT2D eigenvalue weighted by molar-refractivity contribution is -0.122. The lowest BCUT2D eigenvalue weighted by Gasteiger charge is -2.27. The topological polar surface area (TPSA) is 54.5 Å². The molecule has 5 nitrogen and oxygen atoms in total. The second-order valence-corrected chi connectivity index (χ2v) is 5.88. The number of carbonyl (C=O) groups is 1. The molecule has 1 amide bonds. The second-order valence-electron chi connectivity index (χ2n) is 5.88. The predicted octanol–water partition coefficient (Wildman–Crippen LogP) is 0.994. The standard InChI is InChI=1S/C16H23N3O2/c20-16(4-3-13-5-7-17-8-6-13)18-14-11-21-12-15(14)19-9-1-2-10-19/h5-8,14-15H,1-4,9-12H2,(H,18,20)/t14-,15-/m1/s1. The Morgan fingerprint density at radius 3 is 2.81 bits per heavy atom. The average molecular weight is 289 g/mol. The van der Waals surface area contributed by atoms with Crippen LogP contribution in [0.2, 0.25) is 0 Å². The summed E-state index contributed by atoms with van der Waals surface area (Å²) < 4.78 is 5.58. The highest BCUT2D eigenvalue weighted by molar-refractivity contribution is 5.76. The molecule has 5 heteroatoms. The van der Waals surface area contributed by atoms with E-state index in [2.05, 4.69) is 15.2 Å². The van der Waals surface area contributed by atoms with Crippen molar-refractivity contribution < 1.29 is 9.53 Å². The number of likely N-dealkylation sites (tertiary alicyclic amines) is 1. The molecule has 21 heavy (non-hydrogen) atoms. The van der Waals surface area contributed by atoms with Gasteiger partial charge in [0, 0.05) is 18.8 Å². The van der Waals surface area contributed by atoms with Crippen LogP contribution in [0, 0.1) is 0 Å². The molecule has 0 unspecified atom stereocenters. The van der Waals surface area contributed by atoms with Gasteiger partial charge in [0.25, 0.3) is 0 Å². The fraction of sp³-hybridized carbons (Fsp3) is 0.625. The van der Waals surface area contributed by atoms with Crippen molar-refractivity contribution in [3.05, 3.63) is 30.1 Å². The summed E-state index contributed by atoms with van der Waals surface area (Å²) in [4.78, 5) is 18.6. The van der Waals surface area contributed by atoms with E-state index < -0.39 is 0 Å². The number of amides is 1. The summed E-state index contributed by atoms with van der Waals surface area (Å²) in [6.45, 7) is 3.66. The Hall–Kier alpha value is -1.46. The van der Waals surface area contributed by atoms with Crippen molar-refractivity contribution in [3.8, 4) is 0 Å². The van der Waals surface area contributed by atoms with E-state index in [0.717, 1.165) is 31.7 Å². The lowest BCUT2D eigenvalue weighted by Crippen LogP contribution is -2.50. The maximum Gasteiger partial charge on any atom is 0.220 e. The first kappa shape index (κ1) is 14.5. The van der Waals surface area contributed by atoms with Crippen LogP contribution in [-0.2, 0) is 16.0 Å². The molecule has 2 saturated heterocycles. The van der Waals surface area contributed by atoms with E-state index in [4.69, 9.17) is 4.74 Å². The number of rotatable bonds is 5. The monoisotopic (exact) mass is 289 g/mol. The molecule has 2 fully saturated rings. The molecule has 0 bridgehead atoms. The number of hydrogen-bond donors (Lipinski definition) is 1. The highest BCUT2D eigenvalue weighted by Crippen LogP contribution is 2.19. The van der Waals surface area contributed by atoms with Gasteiger partial charge >= 0.3 is 0 Å². The van der Waals surface area contributed by atoms with Crippen LogP contribution in [0.15, 0.2) is 24.5 Å². The summed E-state index contributed by atoms with van der Waals surface area (Å²) in [7, 11) is 0. The SMILES string of the molecule is O=C(CCc1ccncc1)N[C@@H]1COC[C@H]1N1CCCC1. The molecule has 0 radical (unpaired) electrons. The normalized spacial score (nSPS) is 26.1. The van der Waals surface area contributed by atoms with Crippen LogP contribution in [0.3, 0.4) is 0 Å². The molecule has 0 saturated carbocycles.